The van der Waals surface area contributed by atoms with Gasteiger partial charge in [-0.2, -0.15) is 13.2 Å². The van der Waals surface area contributed by atoms with Crippen LogP contribution in [0.2, 0.25) is 0 Å². The van der Waals surface area contributed by atoms with Gasteiger partial charge in [0.2, 0.25) is 0 Å². The molecule has 0 saturated heterocycles. The number of hydrogen-bond acceptors (Lipinski definition) is 3. The van der Waals surface area contributed by atoms with Crippen molar-refractivity contribution in [1.82, 2.24) is 9.97 Å². The first kappa shape index (κ1) is 12.1. The van der Waals surface area contributed by atoms with E-state index in [-0.39, 0.29) is 18.9 Å². The minimum atomic E-state index is -4.24. The molecule has 0 atom stereocenters. The van der Waals surface area contributed by atoms with Gasteiger partial charge in [-0.3, -0.25) is 4.79 Å². The van der Waals surface area contributed by atoms with Crippen molar-refractivity contribution in [1.29, 1.82) is 0 Å². The molecular weight excluding hydrogens is 237 g/mol. The molecule has 0 aliphatic carbocycles. The second-order valence-corrected chi connectivity index (χ2v) is 3.86. The van der Waals surface area contributed by atoms with Crippen molar-refractivity contribution in [3.63, 3.8) is 0 Å². The van der Waals surface area contributed by atoms with Crippen LogP contribution in [-0.2, 0) is 24.2 Å². The van der Waals surface area contributed by atoms with Gasteiger partial charge in [0.1, 0.15) is 5.82 Å². The van der Waals surface area contributed by atoms with Gasteiger partial charge in [-0.05, 0) is 0 Å². The summed E-state index contributed by atoms with van der Waals surface area (Å²) >= 11 is 0. The summed E-state index contributed by atoms with van der Waals surface area (Å²) in [6.07, 6.45) is -5.05. The molecule has 0 amide bonds. The lowest BCUT2D eigenvalue weighted by Crippen LogP contribution is -2.26. The zero-order valence-corrected chi connectivity index (χ0v) is 8.93. The molecule has 0 unspecified atom stereocenters. The number of aryl methyl sites for hydroxylation is 1. The molecule has 1 aliphatic heterocycles. The first-order valence-corrected chi connectivity index (χ1v) is 5.21. The number of fused-ring (bicyclic) bond motifs is 1. The van der Waals surface area contributed by atoms with E-state index in [0.717, 1.165) is 0 Å². The zero-order valence-electron chi connectivity index (χ0n) is 8.93. The largest absolute Gasteiger partial charge is 0.389 e. The number of rotatable bonds is 2. The third-order valence-corrected chi connectivity index (χ3v) is 2.53. The molecule has 7 heteroatoms. The van der Waals surface area contributed by atoms with Crippen molar-refractivity contribution in [3.8, 4) is 0 Å². The highest BCUT2D eigenvalue weighted by Gasteiger charge is 2.27. The van der Waals surface area contributed by atoms with E-state index in [0.29, 0.717) is 24.3 Å². The maximum Gasteiger partial charge on any atom is 0.389 e. The van der Waals surface area contributed by atoms with Crippen molar-refractivity contribution < 1.29 is 17.9 Å². The molecule has 17 heavy (non-hydrogen) atoms. The van der Waals surface area contributed by atoms with E-state index >= 15 is 0 Å². The van der Waals surface area contributed by atoms with Crippen molar-refractivity contribution in [3.05, 3.63) is 27.4 Å². The quantitative estimate of drug-likeness (QED) is 0.859. The monoisotopic (exact) mass is 248 g/mol. The fraction of sp³-hybridized carbons (Fsp3) is 0.600. The van der Waals surface area contributed by atoms with Crippen LogP contribution in [0.1, 0.15) is 23.5 Å². The molecule has 0 spiro atoms. The van der Waals surface area contributed by atoms with Gasteiger partial charge in [0.25, 0.3) is 5.56 Å². The Hall–Kier alpha value is -1.37. The van der Waals surface area contributed by atoms with Crippen molar-refractivity contribution in [2.24, 2.45) is 0 Å². The second kappa shape index (κ2) is 4.48. The van der Waals surface area contributed by atoms with E-state index in [4.69, 9.17) is 4.74 Å². The topological polar surface area (TPSA) is 55.0 Å². The molecule has 4 nitrogen and oxygen atoms in total. The molecule has 1 N–H and O–H groups in total. The average molecular weight is 248 g/mol. The average Bonchev–Trinajstić information content (AvgIpc) is 2.26. The van der Waals surface area contributed by atoms with Crippen LogP contribution in [0.4, 0.5) is 13.2 Å². The Kier molecular flexibility index (Phi) is 3.19. The summed E-state index contributed by atoms with van der Waals surface area (Å²) in [6, 6.07) is 0. The standard InChI is InChI=1S/C10H11F3N2O2/c11-10(12,13)3-1-8-14-7-2-4-17-5-6(7)9(16)15-8/h1-5H2,(H,14,15,16). The summed E-state index contributed by atoms with van der Waals surface area (Å²) in [5.41, 5.74) is 0.580. The van der Waals surface area contributed by atoms with Crippen molar-refractivity contribution in [2.75, 3.05) is 6.61 Å². The van der Waals surface area contributed by atoms with Crippen LogP contribution in [0, 0.1) is 0 Å². The molecule has 0 bridgehead atoms. The van der Waals surface area contributed by atoms with Crippen LogP contribution in [0.5, 0.6) is 0 Å². The van der Waals surface area contributed by atoms with Crippen LogP contribution in [0.15, 0.2) is 4.79 Å². The van der Waals surface area contributed by atoms with Crippen LogP contribution < -0.4 is 5.56 Å². The number of nitrogens with one attached hydrogen (secondary N) is 1. The Morgan fingerprint density at radius 1 is 1.41 bits per heavy atom. The van der Waals surface area contributed by atoms with Crippen LogP contribution in [-0.4, -0.2) is 22.8 Å². The number of aromatic amines is 1. The molecule has 0 aromatic carbocycles. The highest BCUT2D eigenvalue weighted by Crippen LogP contribution is 2.21. The van der Waals surface area contributed by atoms with Gasteiger partial charge >= 0.3 is 6.18 Å². The van der Waals surface area contributed by atoms with Gasteiger partial charge in [0.05, 0.1) is 30.9 Å². The highest BCUT2D eigenvalue weighted by atomic mass is 19.4. The fourth-order valence-electron chi connectivity index (χ4n) is 1.67. The molecule has 0 saturated carbocycles. The van der Waals surface area contributed by atoms with Crippen LogP contribution in [0.25, 0.3) is 0 Å². The number of aromatic nitrogens is 2. The first-order valence-electron chi connectivity index (χ1n) is 5.21. The normalized spacial score (nSPS) is 15.7. The fourth-order valence-corrected chi connectivity index (χ4v) is 1.67. The Bertz CT molecular complexity index is 468. The molecular formula is C10H11F3N2O2. The first-order chi connectivity index (χ1) is 7.96. The lowest BCUT2D eigenvalue weighted by molar-refractivity contribution is -0.134. The Morgan fingerprint density at radius 2 is 2.18 bits per heavy atom. The molecule has 1 aromatic heterocycles. The Labute approximate surface area is 94.8 Å². The summed E-state index contributed by atoms with van der Waals surface area (Å²) in [5, 5.41) is 0. The van der Waals surface area contributed by atoms with Gasteiger partial charge in [-0.25, -0.2) is 4.98 Å². The van der Waals surface area contributed by atoms with Crippen LogP contribution in [0.3, 0.4) is 0 Å². The number of nitrogens with zero attached hydrogens (tertiary/aromatic N) is 1. The number of halogens is 3. The van der Waals surface area contributed by atoms with Gasteiger partial charge in [-0.1, -0.05) is 0 Å². The molecule has 2 rings (SSSR count). The maximum atomic E-state index is 12.0. The number of alkyl halides is 3. The van der Waals surface area contributed by atoms with E-state index in [1.807, 2.05) is 0 Å². The molecule has 2 heterocycles. The number of hydrogen-bond donors (Lipinski definition) is 1. The Balaban J connectivity index is 2.20. The second-order valence-electron chi connectivity index (χ2n) is 3.86. The van der Waals surface area contributed by atoms with E-state index in [2.05, 4.69) is 9.97 Å². The van der Waals surface area contributed by atoms with Crippen molar-refractivity contribution >= 4 is 0 Å². The molecule has 94 valence electrons. The lowest BCUT2D eigenvalue weighted by Gasteiger charge is -2.15. The SMILES string of the molecule is O=c1[nH]c(CCC(F)(F)F)nc2c1COCC2. The third kappa shape index (κ3) is 3.06. The van der Waals surface area contributed by atoms with E-state index in [1.54, 1.807) is 0 Å². The summed E-state index contributed by atoms with van der Waals surface area (Å²) < 4.78 is 41.2. The van der Waals surface area contributed by atoms with Gasteiger partial charge < -0.3 is 9.72 Å². The Morgan fingerprint density at radius 3 is 2.88 bits per heavy atom. The third-order valence-electron chi connectivity index (χ3n) is 2.53. The molecule has 0 radical (unpaired) electrons. The van der Waals surface area contributed by atoms with Gasteiger partial charge in [0.15, 0.2) is 0 Å². The minimum Gasteiger partial charge on any atom is -0.376 e. The lowest BCUT2D eigenvalue weighted by atomic mass is 10.1. The molecule has 1 aliphatic rings. The van der Waals surface area contributed by atoms with Crippen LogP contribution >= 0.6 is 0 Å². The zero-order chi connectivity index (χ0) is 12.5. The minimum absolute atomic E-state index is 0.0907. The number of ether oxygens (including phenoxy) is 1. The smallest absolute Gasteiger partial charge is 0.376 e. The number of H-pyrrole nitrogens is 1. The van der Waals surface area contributed by atoms with E-state index in [1.165, 1.54) is 0 Å². The summed E-state index contributed by atoms with van der Waals surface area (Å²) in [4.78, 5) is 18.0. The predicted molar refractivity (Wildman–Crippen MR) is 52.6 cm³/mol. The predicted octanol–water partition coefficient (Wildman–Crippen LogP) is 1.34. The van der Waals surface area contributed by atoms with Gasteiger partial charge in [-0.15, -0.1) is 0 Å². The molecule has 1 aromatic rings. The van der Waals surface area contributed by atoms with E-state index < -0.39 is 18.2 Å². The van der Waals surface area contributed by atoms with Crippen molar-refractivity contribution in [2.45, 2.75) is 32.0 Å². The summed E-state index contributed by atoms with van der Waals surface area (Å²) in [7, 11) is 0. The molecule has 0 fully saturated rings. The highest BCUT2D eigenvalue weighted by molar-refractivity contribution is 5.19. The summed E-state index contributed by atoms with van der Waals surface area (Å²) in [5.74, 6) is 0.0907. The van der Waals surface area contributed by atoms with E-state index in [9.17, 15) is 18.0 Å². The maximum absolute atomic E-state index is 12.0. The summed E-state index contributed by atoms with van der Waals surface area (Å²) in [6.45, 7) is 0.624. The van der Waals surface area contributed by atoms with Gasteiger partial charge in [0, 0.05) is 12.8 Å².